The first-order valence-electron chi connectivity index (χ1n) is 10.6. The van der Waals surface area contributed by atoms with Gasteiger partial charge in [0.2, 0.25) is 0 Å². The fourth-order valence-electron chi connectivity index (χ4n) is 4.44. The molecule has 0 bridgehead atoms. The van der Waals surface area contributed by atoms with E-state index in [1.54, 1.807) is 27.7 Å². The molecule has 1 saturated heterocycles. The van der Waals surface area contributed by atoms with Crippen molar-refractivity contribution < 1.29 is 33.0 Å². The van der Waals surface area contributed by atoms with E-state index in [2.05, 4.69) is 10.6 Å². The van der Waals surface area contributed by atoms with Gasteiger partial charge in [-0.05, 0) is 18.6 Å². The molecule has 1 fully saturated rings. The van der Waals surface area contributed by atoms with Gasteiger partial charge in [0, 0.05) is 18.3 Å². The lowest BCUT2D eigenvalue weighted by Gasteiger charge is -2.45. The Morgan fingerprint density at radius 1 is 1.31 bits per heavy atom. The summed E-state index contributed by atoms with van der Waals surface area (Å²) in [6.07, 6.45) is -0.505. The van der Waals surface area contributed by atoms with Crippen LogP contribution in [-0.2, 0) is 19.1 Å². The molecule has 2 atom stereocenters. The van der Waals surface area contributed by atoms with Gasteiger partial charge in [-0.1, -0.05) is 33.8 Å². The van der Waals surface area contributed by atoms with E-state index in [0.29, 0.717) is 0 Å². The van der Waals surface area contributed by atoms with Gasteiger partial charge in [0.15, 0.2) is 17.2 Å². The number of carbonyl (C=O) groups is 3. The molecule has 1 aromatic carbocycles. The number of ether oxygens (including phenoxy) is 3. The molecule has 1 spiro atoms. The lowest BCUT2D eigenvalue weighted by Crippen LogP contribution is -2.67. The summed E-state index contributed by atoms with van der Waals surface area (Å²) in [6.45, 7) is 7.42. The molecule has 0 aliphatic carbocycles. The number of primary amides is 1. The molecule has 32 heavy (non-hydrogen) atoms. The number of hydrogen-bond acceptors (Lipinski definition) is 6. The highest BCUT2D eigenvalue weighted by Crippen LogP contribution is 2.41. The molecule has 3 amide bonds. The molecule has 3 rings (SSSR count). The van der Waals surface area contributed by atoms with Crippen molar-refractivity contribution in [2.24, 2.45) is 11.1 Å². The monoisotopic (exact) mass is 451 g/mol. The minimum absolute atomic E-state index is 0.0922. The van der Waals surface area contributed by atoms with E-state index in [1.165, 1.54) is 18.2 Å². The number of benzene rings is 1. The molecule has 2 heterocycles. The normalized spacial score (nSPS) is 21.9. The Labute approximate surface area is 186 Å². The minimum atomic E-state index is -1.64. The molecule has 1 aromatic rings. The molecule has 4 N–H and O–H groups in total. The van der Waals surface area contributed by atoms with Crippen LogP contribution in [0.4, 0.5) is 14.9 Å². The van der Waals surface area contributed by atoms with Gasteiger partial charge in [0.1, 0.15) is 11.6 Å². The number of hydrogen-bond donors (Lipinski definition) is 3. The average molecular weight is 451 g/mol. The molecule has 0 radical (unpaired) electrons. The second-order valence-electron chi connectivity index (χ2n) is 9.14. The van der Waals surface area contributed by atoms with Gasteiger partial charge in [-0.2, -0.15) is 0 Å². The van der Waals surface area contributed by atoms with E-state index in [-0.39, 0.29) is 43.9 Å². The Bertz CT molecular complexity index is 909. The maximum atomic E-state index is 14.6. The first-order valence-corrected chi connectivity index (χ1v) is 10.6. The number of nitrogens with two attached hydrogens (primary N) is 1. The highest BCUT2D eigenvalue weighted by atomic mass is 19.1. The SMILES string of the molecule is CC[C@@](OC(N)=O)(C(=O)N[C@@H]1C(=O)Nc2cccc(F)c2OC12CCOCC2)C(C)(C)C. The summed E-state index contributed by atoms with van der Waals surface area (Å²) in [7, 11) is 0. The maximum absolute atomic E-state index is 14.6. The van der Waals surface area contributed by atoms with Crippen molar-refractivity contribution in [3.63, 3.8) is 0 Å². The van der Waals surface area contributed by atoms with Crippen LogP contribution in [0.1, 0.15) is 47.0 Å². The summed E-state index contributed by atoms with van der Waals surface area (Å²) in [5, 5.41) is 5.39. The van der Waals surface area contributed by atoms with E-state index in [0.717, 1.165) is 0 Å². The fraction of sp³-hybridized carbons (Fsp3) is 0.591. The zero-order valence-electron chi connectivity index (χ0n) is 18.7. The molecule has 10 heteroatoms. The van der Waals surface area contributed by atoms with Crippen LogP contribution in [0.2, 0.25) is 0 Å². The highest BCUT2D eigenvalue weighted by molar-refractivity contribution is 6.01. The zero-order chi connectivity index (χ0) is 23.7. The first-order chi connectivity index (χ1) is 15.0. The molecule has 9 nitrogen and oxygen atoms in total. The lowest BCUT2D eigenvalue weighted by atomic mass is 9.73. The Balaban J connectivity index is 2.04. The van der Waals surface area contributed by atoms with Gasteiger partial charge in [0.05, 0.1) is 18.9 Å². The largest absolute Gasteiger partial charge is 0.479 e. The summed E-state index contributed by atoms with van der Waals surface area (Å²) in [5.41, 5.74) is 1.71. The highest BCUT2D eigenvalue weighted by Gasteiger charge is 2.55. The quantitative estimate of drug-likeness (QED) is 0.645. The number of carbonyl (C=O) groups excluding carboxylic acids is 3. The summed E-state index contributed by atoms with van der Waals surface area (Å²) in [5.74, 6) is -1.98. The predicted molar refractivity (Wildman–Crippen MR) is 114 cm³/mol. The lowest BCUT2D eigenvalue weighted by molar-refractivity contribution is -0.158. The van der Waals surface area contributed by atoms with Crippen molar-refractivity contribution in [3.8, 4) is 5.75 Å². The first kappa shape index (κ1) is 23.8. The Kier molecular flexibility index (Phi) is 6.37. The number of fused-ring (bicyclic) bond motifs is 1. The van der Waals surface area contributed by atoms with Crippen LogP contribution in [0, 0.1) is 11.2 Å². The Hall–Kier alpha value is -2.88. The number of para-hydroxylation sites is 1. The van der Waals surface area contributed by atoms with Crippen LogP contribution in [0.3, 0.4) is 0 Å². The summed E-state index contributed by atoms with van der Waals surface area (Å²) in [6, 6.07) is 3.01. The third-order valence-corrected chi connectivity index (χ3v) is 6.28. The van der Waals surface area contributed by atoms with Gasteiger partial charge in [-0.15, -0.1) is 0 Å². The predicted octanol–water partition coefficient (Wildman–Crippen LogP) is 2.48. The van der Waals surface area contributed by atoms with E-state index in [9.17, 15) is 18.8 Å². The smallest absolute Gasteiger partial charge is 0.405 e. The number of nitrogens with one attached hydrogen (secondary N) is 2. The molecule has 176 valence electrons. The molecule has 2 aliphatic heterocycles. The van der Waals surface area contributed by atoms with Crippen LogP contribution in [-0.4, -0.2) is 48.4 Å². The average Bonchev–Trinajstić information content (AvgIpc) is 2.82. The van der Waals surface area contributed by atoms with Gasteiger partial charge in [0.25, 0.3) is 11.8 Å². The van der Waals surface area contributed by atoms with Crippen molar-refractivity contribution in [2.75, 3.05) is 18.5 Å². The van der Waals surface area contributed by atoms with E-state index >= 15 is 0 Å². The van der Waals surface area contributed by atoms with Crippen LogP contribution >= 0.6 is 0 Å². The van der Waals surface area contributed by atoms with Gasteiger partial charge >= 0.3 is 6.09 Å². The van der Waals surface area contributed by atoms with Crippen molar-refractivity contribution >= 4 is 23.6 Å². The number of anilines is 1. The summed E-state index contributed by atoms with van der Waals surface area (Å²) >= 11 is 0. The fourth-order valence-corrected chi connectivity index (χ4v) is 4.44. The number of amides is 3. The second kappa shape index (κ2) is 8.57. The van der Waals surface area contributed by atoms with E-state index in [4.69, 9.17) is 19.9 Å². The minimum Gasteiger partial charge on any atom is -0.479 e. The van der Waals surface area contributed by atoms with Crippen LogP contribution in [0.15, 0.2) is 18.2 Å². The van der Waals surface area contributed by atoms with E-state index < -0.39 is 46.4 Å². The van der Waals surface area contributed by atoms with Gasteiger partial charge < -0.3 is 30.6 Å². The molecule has 2 aliphatic rings. The molecule has 0 saturated carbocycles. The van der Waals surface area contributed by atoms with Gasteiger partial charge in [-0.25, -0.2) is 9.18 Å². The van der Waals surface area contributed by atoms with Gasteiger partial charge in [-0.3, -0.25) is 9.59 Å². The third-order valence-electron chi connectivity index (χ3n) is 6.28. The third kappa shape index (κ3) is 4.11. The Morgan fingerprint density at radius 2 is 1.97 bits per heavy atom. The van der Waals surface area contributed by atoms with Crippen LogP contribution in [0.5, 0.6) is 5.75 Å². The number of halogens is 1. The Morgan fingerprint density at radius 3 is 2.53 bits per heavy atom. The topological polar surface area (TPSA) is 129 Å². The molecule has 0 unspecified atom stereocenters. The van der Waals surface area contributed by atoms with Crippen molar-refractivity contribution in [1.29, 1.82) is 0 Å². The van der Waals surface area contributed by atoms with E-state index in [1.807, 2.05) is 0 Å². The summed E-state index contributed by atoms with van der Waals surface area (Å²) < 4.78 is 31.5. The van der Waals surface area contributed by atoms with Crippen LogP contribution in [0.25, 0.3) is 0 Å². The zero-order valence-corrected chi connectivity index (χ0v) is 18.7. The van der Waals surface area contributed by atoms with Crippen molar-refractivity contribution in [2.45, 2.75) is 64.2 Å². The van der Waals surface area contributed by atoms with Crippen molar-refractivity contribution in [3.05, 3.63) is 24.0 Å². The standard InChI is InChI=1S/C22H30FN3O6/c1-5-22(20(2,3)4,32-19(24)29)18(28)26-16-17(27)25-14-8-6-7-13(23)15(14)31-21(16)9-11-30-12-10-21/h6-8,16H,5,9-12H2,1-4H3,(H2,24,29)(H,25,27)(H,26,28)/t16-,22-/m1/s1. The molecular formula is C22H30FN3O6. The van der Waals surface area contributed by atoms with Crippen LogP contribution < -0.4 is 21.1 Å². The number of rotatable bonds is 4. The molecule has 0 aromatic heterocycles. The summed E-state index contributed by atoms with van der Waals surface area (Å²) in [4.78, 5) is 38.5. The second-order valence-corrected chi connectivity index (χ2v) is 9.14. The van der Waals surface area contributed by atoms with Crippen molar-refractivity contribution in [1.82, 2.24) is 5.32 Å². The molecular weight excluding hydrogens is 421 g/mol. The maximum Gasteiger partial charge on any atom is 0.405 e.